The molecule has 0 aliphatic heterocycles. The van der Waals surface area contributed by atoms with Gasteiger partial charge in [-0.15, -0.1) is 0 Å². The molecule has 0 saturated heterocycles. The highest BCUT2D eigenvalue weighted by Gasteiger charge is 2.18. The topological polar surface area (TPSA) is 59.0 Å². The molecular formula is C16H15ClN2O. The molecule has 0 fully saturated rings. The molecule has 0 aliphatic carbocycles. The first-order chi connectivity index (χ1) is 9.60. The Bertz CT molecular complexity index is 600. The van der Waals surface area contributed by atoms with E-state index in [0.29, 0.717) is 16.3 Å². The van der Waals surface area contributed by atoms with Crippen molar-refractivity contribution in [1.29, 1.82) is 5.26 Å². The first-order valence-electron chi connectivity index (χ1n) is 6.28. The third kappa shape index (κ3) is 3.51. The molecule has 0 amide bonds. The summed E-state index contributed by atoms with van der Waals surface area (Å²) in [5.74, 6) is 0.682. The lowest BCUT2D eigenvalue weighted by atomic mass is 10.0. The predicted octanol–water partition coefficient (Wildman–Crippen LogP) is 3.68. The van der Waals surface area contributed by atoms with E-state index in [2.05, 4.69) is 6.07 Å². The van der Waals surface area contributed by atoms with Crippen LogP contribution >= 0.6 is 11.6 Å². The Balaban J connectivity index is 2.21. The summed E-state index contributed by atoms with van der Waals surface area (Å²) in [6.45, 7) is 1.89. The molecule has 0 aliphatic rings. The third-order valence-corrected chi connectivity index (χ3v) is 3.17. The molecule has 4 heteroatoms. The molecule has 20 heavy (non-hydrogen) atoms. The number of hydrogen-bond donors (Lipinski definition) is 1. The molecule has 2 unspecified atom stereocenters. The summed E-state index contributed by atoms with van der Waals surface area (Å²) in [4.78, 5) is 0. The van der Waals surface area contributed by atoms with Crippen molar-refractivity contribution in [3.05, 3.63) is 64.7 Å². The largest absolute Gasteiger partial charge is 0.484 e. The van der Waals surface area contributed by atoms with E-state index in [9.17, 15) is 0 Å². The number of nitrogens with zero attached hydrogens (tertiary/aromatic N) is 1. The first kappa shape index (κ1) is 14.4. The highest BCUT2D eigenvalue weighted by atomic mass is 35.5. The third-order valence-electron chi connectivity index (χ3n) is 2.92. The normalized spacial score (nSPS) is 13.3. The van der Waals surface area contributed by atoms with Crippen LogP contribution in [0.15, 0.2) is 48.5 Å². The Morgan fingerprint density at radius 2 is 1.70 bits per heavy atom. The van der Waals surface area contributed by atoms with Crippen molar-refractivity contribution in [2.75, 3.05) is 0 Å². The summed E-state index contributed by atoms with van der Waals surface area (Å²) in [6, 6.07) is 16.3. The summed E-state index contributed by atoms with van der Waals surface area (Å²) in [6.07, 6.45) is -0.264. The zero-order chi connectivity index (χ0) is 14.5. The number of nitrogens with two attached hydrogens (primary N) is 1. The number of rotatable bonds is 4. The van der Waals surface area contributed by atoms with Gasteiger partial charge in [0.15, 0.2) is 0 Å². The van der Waals surface area contributed by atoms with E-state index in [1.165, 1.54) is 0 Å². The van der Waals surface area contributed by atoms with Gasteiger partial charge in [-0.25, -0.2) is 0 Å². The average molecular weight is 287 g/mol. The van der Waals surface area contributed by atoms with Crippen molar-refractivity contribution in [2.24, 2.45) is 5.73 Å². The van der Waals surface area contributed by atoms with E-state index in [0.717, 1.165) is 5.56 Å². The summed E-state index contributed by atoms with van der Waals surface area (Å²) < 4.78 is 5.92. The molecule has 3 nitrogen and oxygen atoms in total. The zero-order valence-corrected chi connectivity index (χ0v) is 11.8. The van der Waals surface area contributed by atoms with Gasteiger partial charge >= 0.3 is 0 Å². The SMILES string of the molecule is CC(N)C(Oc1ccc(C#N)cc1)c1ccc(Cl)cc1. The van der Waals surface area contributed by atoms with Gasteiger partial charge in [0.25, 0.3) is 0 Å². The average Bonchev–Trinajstić information content (AvgIpc) is 2.46. The fourth-order valence-corrected chi connectivity index (χ4v) is 2.01. The van der Waals surface area contributed by atoms with Crippen molar-refractivity contribution >= 4 is 11.6 Å². The van der Waals surface area contributed by atoms with E-state index >= 15 is 0 Å². The van der Waals surface area contributed by atoms with Crippen molar-refractivity contribution in [3.8, 4) is 11.8 Å². The molecule has 0 saturated carbocycles. The fourth-order valence-electron chi connectivity index (χ4n) is 1.89. The second-order valence-electron chi connectivity index (χ2n) is 4.59. The molecule has 0 spiro atoms. The Kier molecular flexibility index (Phi) is 4.62. The lowest BCUT2D eigenvalue weighted by Crippen LogP contribution is -2.29. The molecule has 0 bridgehead atoms. The van der Waals surface area contributed by atoms with Crippen LogP contribution in [0.3, 0.4) is 0 Å². The van der Waals surface area contributed by atoms with Crippen molar-refractivity contribution in [3.63, 3.8) is 0 Å². The second kappa shape index (κ2) is 6.42. The number of halogens is 1. The summed E-state index contributed by atoms with van der Waals surface area (Å²) in [7, 11) is 0. The molecular weight excluding hydrogens is 272 g/mol. The van der Waals surface area contributed by atoms with Crippen molar-refractivity contribution in [1.82, 2.24) is 0 Å². The number of nitriles is 1. The highest BCUT2D eigenvalue weighted by molar-refractivity contribution is 6.30. The summed E-state index contributed by atoms with van der Waals surface area (Å²) >= 11 is 5.89. The fraction of sp³-hybridized carbons (Fsp3) is 0.188. The molecule has 0 radical (unpaired) electrons. The Labute approximate surface area is 123 Å². The summed E-state index contributed by atoms with van der Waals surface area (Å²) in [5.41, 5.74) is 7.57. The van der Waals surface area contributed by atoms with E-state index in [1.54, 1.807) is 24.3 Å². The van der Waals surface area contributed by atoms with Crippen LogP contribution in [0.5, 0.6) is 5.75 Å². The minimum Gasteiger partial charge on any atom is -0.484 e. The Morgan fingerprint density at radius 3 is 2.20 bits per heavy atom. The van der Waals surface area contributed by atoms with Crippen LogP contribution in [0.25, 0.3) is 0 Å². The van der Waals surface area contributed by atoms with Crippen molar-refractivity contribution < 1.29 is 4.74 Å². The van der Waals surface area contributed by atoms with Crippen molar-refractivity contribution in [2.45, 2.75) is 19.1 Å². The van der Waals surface area contributed by atoms with Gasteiger partial charge in [0, 0.05) is 11.1 Å². The highest BCUT2D eigenvalue weighted by Crippen LogP contribution is 2.25. The van der Waals surface area contributed by atoms with Gasteiger partial charge in [-0.05, 0) is 48.9 Å². The lowest BCUT2D eigenvalue weighted by molar-refractivity contribution is 0.180. The van der Waals surface area contributed by atoms with Gasteiger partial charge in [-0.3, -0.25) is 0 Å². The minimum absolute atomic E-state index is 0.174. The summed E-state index contributed by atoms with van der Waals surface area (Å²) in [5, 5.41) is 9.46. The van der Waals surface area contributed by atoms with Crippen LogP contribution in [0, 0.1) is 11.3 Å². The van der Waals surface area contributed by atoms with Crippen LogP contribution in [0.2, 0.25) is 5.02 Å². The van der Waals surface area contributed by atoms with Gasteiger partial charge < -0.3 is 10.5 Å². The monoisotopic (exact) mass is 286 g/mol. The Morgan fingerprint density at radius 1 is 1.10 bits per heavy atom. The second-order valence-corrected chi connectivity index (χ2v) is 5.02. The molecule has 2 N–H and O–H groups in total. The zero-order valence-electron chi connectivity index (χ0n) is 11.1. The van der Waals surface area contributed by atoms with Gasteiger partial charge in [0.1, 0.15) is 11.9 Å². The maximum atomic E-state index is 8.78. The minimum atomic E-state index is -0.264. The van der Waals surface area contributed by atoms with Gasteiger partial charge in [-0.1, -0.05) is 23.7 Å². The number of ether oxygens (including phenoxy) is 1. The molecule has 2 atom stereocenters. The predicted molar refractivity (Wildman–Crippen MR) is 79.6 cm³/mol. The standard InChI is InChI=1S/C16H15ClN2O/c1-11(19)16(13-4-6-14(17)7-5-13)20-15-8-2-12(10-18)3-9-15/h2-9,11,16H,19H2,1H3. The molecule has 2 aromatic rings. The van der Waals surface area contributed by atoms with Crippen LogP contribution < -0.4 is 10.5 Å². The van der Waals surface area contributed by atoms with Gasteiger partial charge in [0.05, 0.1) is 11.6 Å². The van der Waals surface area contributed by atoms with Crippen LogP contribution in [-0.4, -0.2) is 6.04 Å². The maximum absolute atomic E-state index is 8.78. The van der Waals surface area contributed by atoms with Gasteiger partial charge in [0.2, 0.25) is 0 Å². The Hall–Kier alpha value is -2.02. The van der Waals surface area contributed by atoms with E-state index in [1.807, 2.05) is 31.2 Å². The number of benzene rings is 2. The van der Waals surface area contributed by atoms with E-state index < -0.39 is 0 Å². The smallest absolute Gasteiger partial charge is 0.138 e. The molecule has 0 heterocycles. The molecule has 2 aromatic carbocycles. The number of hydrogen-bond acceptors (Lipinski definition) is 3. The lowest BCUT2D eigenvalue weighted by Gasteiger charge is -2.23. The maximum Gasteiger partial charge on any atom is 0.138 e. The van der Waals surface area contributed by atoms with E-state index in [4.69, 9.17) is 27.3 Å². The first-order valence-corrected chi connectivity index (χ1v) is 6.66. The molecule has 102 valence electrons. The van der Waals surface area contributed by atoms with Gasteiger partial charge in [-0.2, -0.15) is 5.26 Å². The van der Waals surface area contributed by atoms with Crippen LogP contribution in [0.4, 0.5) is 0 Å². The molecule has 0 aromatic heterocycles. The quantitative estimate of drug-likeness (QED) is 0.933. The van der Waals surface area contributed by atoms with E-state index in [-0.39, 0.29) is 12.1 Å². The molecule has 2 rings (SSSR count). The van der Waals surface area contributed by atoms with Crippen LogP contribution in [-0.2, 0) is 0 Å². The van der Waals surface area contributed by atoms with Crippen LogP contribution in [0.1, 0.15) is 24.2 Å².